The van der Waals surface area contributed by atoms with Crippen molar-refractivity contribution in [2.24, 2.45) is 5.73 Å². The lowest BCUT2D eigenvalue weighted by Crippen LogP contribution is -2.29. The van der Waals surface area contributed by atoms with E-state index in [1.807, 2.05) is 18.2 Å². The number of hydrogen-bond donors (Lipinski definition) is 1. The summed E-state index contributed by atoms with van der Waals surface area (Å²) in [4.78, 5) is 2.39. The summed E-state index contributed by atoms with van der Waals surface area (Å²) in [5, 5.41) is 0. The van der Waals surface area contributed by atoms with Gasteiger partial charge in [-0.15, -0.1) is 0 Å². The molecule has 0 aliphatic carbocycles. The predicted octanol–water partition coefficient (Wildman–Crippen LogP) is 3.48. The van der Waals surface area contributed by atoms with Gasteiger partial charge in [0, 0.05) is 19.6 Å². The topological polar surface area (TPSA) is 47.7 Å². The maximum absolute atomic E-state index is 5.99. The maximum atomic E-state index is 5.99. The van der Waals surface area contributed by atoms with Crippen LogP contribution in [-0.2, 0) is 6.54 Å². The van der Waals surface area contributed by atoms with Gasteiger partial charge in [-0.3, -0.25) is 0 Å². The lowest BCUT2D eigenvalue weighted by molar-refractivity contribution is 0.263. The van der Waals surface area contributed by atoms with Gasteiger partial charge in [-0.1, -0.05) is 38.0 Å². The molecule has 0 atom stereocenters. The molecule has 1 aromatic rings. The SMILES string of the molecule is CCCCCN1CC=CC=C1COc1ccc(CN)cc1OC. The fraction of sp³-hybridized carbons (Fsp3) is 0.474. The zero-order valence-electron chi connectivity index (χ0n) is 14.3. The molecule has 0 amide bonds. The van der Waals surface area contributed by atoms with Crippen LogP contribution in [0.1, 0.15) is 31.7 Å². The fourth-order valence-corrected chi connectivity index (χ4v) is 2.63. The van der Waals surface area contributed by atoms with Gasteiger partial charge in [0.05, 0.1) is 12.8 Å². The number of hydrogen-bond acceptors (Lipinski definition) is 4. The summed E-state index contributed by atoms with van der Waals surface area (Å²) in [6.45, 7) is 5.32. The Morgan fingerprint density at radius 3 is 2.83 bits per heavy atom. The van der Waals surface area contributed by atoms with E-state index in [4.69, 9.17) is 15.2 Å². The molecular weight excluding hydrogens is 288 g/mol. The molecule has 4 heteroatoms. The van der Waals surface area contributed by atoms with Crippen LogP contribution in [0.25, 0.3) is 0 Å². The monoisotopic (exact) mass is 316 g/mol. The molecular formula is C19H28N2O2. The zero-order valence-corrected chi connectivity index (χ0v) is 14.3. The molecule has 2 rings (SSSR count). The average molecular weight is 316 g/mol. The van der Waals surface area contributed by atoms with Crippen LogP contribution < -0.4 is 15.2 Å². The molecule has 0 saturated heterocycles. The van der Waals surface area contributed by atoms with Crippen molar-refractivity contribution >= 4 is 0 Å². The minimum absolute atomic E-state index is 0.498. The first-order chi connectivity index (χ1) is 11.3. The van der Waals surface area contributed by atoms with E-state index in [1.165, 1.54) is 25.0 Å². The summed E-state index contributed by atoms with van der Waals surface area (Å²) in [5.74, 6) is 1.49. The highest BCUT2D eigenvalue weighted by Gasteiger charge is 2.13. The molecule has 4 nitrogen and oxygen atoms in total. The third-order valence-electron chi connectivity index (χ3n) is 4.03. The van der Waals surface area contributed by atoms with Gasteiger partial charge < -0.3 is 20.1 Å². The quantitative estimate of drug-likeness (QED) is 0.709. The van der Waals surface area contributed by atoms with Gasteiger partial charge in [0.2, 0.25) is 0 Å². The molecule has 1 aromatic carbocycles. The number of benzene rings is 1. The van der Waals surface area contributed by atoms with E-state index >= 15 is 0 Å². The van der Waals surface area contributed by atoms with Crippen LogP contribution in [0.4, 0.5) is 0 Å². The molecule has 1 aliphatic heterocycles. The standard InChI is InChI=1S/C19H28N2O2/c1-3-4-6-11-21-12-7-5-8-17(21)15-23-18-10-9-16(14-20)13-19(18)22-2/h5,7-10,13H,3-4,6,11-12,14-15,20H2,1-2H3. The summed E-state index contributed by atoms with van der Waals surface area (Å²) in [5.41, 5.74) is 7.92. The molecule has 1 aliphatic rings. The highest BCUT2D eigenvalue weighted by Crippen LogP contribution is 2.28. The molecule has 23 heavy (non-hydrogen) atoms. The Bertz CT molecular complexity index is 552. The Balaban J connectivity index is 1.98. The van der Waals surface area contributed by atoms with E-state index in [-0.39, 0.29) is 0 Å². The van der Waals surface area contributed by atoms with Crippen molar-refractivity contribution in [3.8, 4) is 11.5 Å². The summed E-state index contributed by atoms with van der Waals surface area (Å²) in [6, 6.07) is 5.84. The Kier molecular flexibility index (Phi) is 7.01. The molecule has 0 bridgehead atoms. The van der Waals surface area contributed by atoms with E-state index in [2.05, 4.69) is 30.1 Å². The molecule has 0 fully saturated rings. The van der Waals surface area contributed by atoms with Gasteiger partial charge in [0.25, 0.3) is 0 Å². The van der Waals surface area contributed by atoms with Gasteiger partial charge in [-0.05, 0) is 30.2 Å². The van der Waals surface area contributed by atoms with Crippen molar-refractivity contribution in [3.63, 3.8) is 0 Å². The molecule has 0 saturated carbocycles. The van der Waals surface area contributed by atoms with Gasteiger partial charge in [0.15, 0.2) is 11.5 Å². The highest BCUT2D eigenvalue weighted by atomic mass is 16.5. The van der Waals surface area contributed by atoms with Crippen molar-refractivity contribution in [2.45, 2.75) is 32.7 Å². The van der Waals surface area contributed by atoms with E-state index in [0.29, 0.717) is 13.2 Å². The number of nitrogens with zero attached hydrogens (tertiary/aromatic N) is 1. The minimum Gasteiger partial charge on any atom is -0.493 e. The lowest BCUT2D eigenvalue weighted by atomic mass is 10.2. The van der Waals surface area contributed by atoms with Crippen molar-refractivity contribution < 1.29 is 9.47 Å². The number of allylic oxidation sites excluding steroid dienone is 2. The molecule has 126 valence electrons. The molecule has 0 aromatic heterocycles. The minimum atomic E-state index is 0.498. The second-order valence-corrected chi connectivity index (χ2v) is 5.72. The van der Waals surface area contributed by atoms with Crippen molar-refractivity contribution in [1.82, 2.24) is 4.90 Å². The van der Waals surface area contributed by atoms with Crippen LogP contribution in [0.2, 0.25) is 0 Å². The molecule has 0 radical (unpaired) electrons. The van der Waals surface area contributed by atoms with Crippen LogP contribution in [0.15, 0.2) is 42.1 Å². The van der Waals surface area contributed by atoms with Gasteiger partial charge >= 0.3 is 0 Å². The van der Waals surface area contributed by atoms with E-state index in [0.717, 1.165) is 30.2 Å². The Morgan fingerprint density at radius 1 is 1.22 bits per heavy atom. The maximum Gasteiger partial charge on any atom is 0.161 e. The number of ether oxygens (including phenoxy) is 2. The van der Waals surface area contributed by atoms with E-state index in [1.54, 1.807) is 7.11 Å². The van der Waals surface area contributed by atoms with Gasteiger partial charge in [0.1, 0.15) is 6.61 Å². The number of methoxy groups -OCH3 is 1. The molecule has 0 unspecified atom stereocenters. The van der Waals surface area contributed by atoms with Crippen LogP contribution in [0, 0.1) is 0 Å². The second kappa shape index (κ2) is 9.26. The van der Waals surface area contributed by atoms with Gasteiger partial charge in [-0.25, -0.2) is 0 Å². The summed E-state index contributed by atoms with van der Waals surface area (Å²) in [7, 11) is 1.65. The van der Waals surface area contributed by atoms with Crippen molar-refractivity contribution in [3.05, 3.63) is 47.7 Å². The number of nitrogens with two attached hydrogens (primary N) is 1. The molecule has 2 N–H and O–H groups in total. The van der Waals surface area contributed by atoms with E-state index < -0.39 is 0 Å². The van der Waals surface area contributed by atoms with Gasteiger partial charge in [-0.2, -0.15) is 0 Å². The lowest BCUT2D eigenvalue weighted by Gasteiger charge is -2.28. The van der Waals surface area contributed by atoms with Crippen LogP contribution in [0.3, 0.4) is 0 Å². The van der Waals surface area contributed by atoms with Crippen molar-refractivity contribution in [1.29, 1.82) is 0 Å². The first-order valence-corrected chi connectivity index (χ1v) is 8.39. The average Bonchev–Trinajstić information content (AvgIpc) is 2.61. The third-order valence-corrected chi connectivity index (χ3v) is 4.03. The van der Waals surface area contributed by atoms with Crippen LogP contribution in [-0.4, -0.2) is 31.7 Å². The molecule has 0 spiro atoms. The summed E-state index contributed by atoms with van der Waals surface area (Å²) >= 11 is 0. The smallest absolute Gasteiger partial charge is 0.161 e. The van der Waals surface area contributed by atoms with Crippen LogP contribution >= 0.6 is 0 Å². The normalized spacial score (nSPS) is 13.9. The highest BCUT2D eigenvalue weighted by molar-refractivity contribution is 5.43. The number of rotatable bonds is 9. The summed E-state index contributed by atoms with van der Waals surface area (Å²) < 4.78 is 11.4. The summed E-state index contributed by atoms with van der Waals surface area (Å²) in [6.07, 6.45) is 10.1. The molecule has 1 heterocycles. The first kappa shape index (κ1) is 17.4. The first-order valence-electron chi connectivity index (χ1n) is 8.39. The van der Waals surface area contributed by atoms with Crippen molar-refractivity contribution in [2.75, 3.05) is 26.8 Å². The third kappa shape index (κ3) is 5.03. The zero-order chi connectivity index (χ0) is 16.5. The largest absolute Gasteiger partial charge is 0.493 e. The number of unbranched alkanes of at least 4 members (excludes halogenated alkanes) is 2. The fourth-order valence-electron chi connectivity index (χ4n) is 2.63. The predicted molar refractivity (Wildman–Crippen MR) is 94.7 cm³/mol. The van der Waals surface area contributed by atoms with Crippen LogP contribution in [0.5, 0.6) is 11.5 Å². The Hall–Kier alpha value is -1.94. The Labute approximate surface area is 139 Å². The van der Waals surface area contributed by atoms with E-state index in [9.17, 15) is 0 Å². The second-order valence-electron chi connectivity index (χ2n) is 5.72. The Morgan fingerprint density at radius 2 is 2.09 bits per heavy atom.